The number of nitrogens with one attached hydrogen (secondary N) is 1. The zero-order chi connectivity index (χ0) is 12.3. The quantitative estimate of drug-likeness (QED) is 0.706. The predicted octanol–water partition coefficient (Wildman–Crippen LogP) is 2.77. The van der Waals surface area contributed by atoms with Gasteiger partial charge in [0.05, 0.1) is 0 Å². The Morgan fingerprint density at radius 2 is 1.88 bits per heavy atom. The monoisotopic (exact) mass is 235 g/mol. The summed E-state index contributed by atoms with van der Waals surface area (Å²) in [5.74, 6) is 0.813. The zero-order valence-corrected chi connectivity index (χ0v) is 10.3. The van der Waals surface area contributed by atoms with Gasteiger partial charge in [-0.25, -0.2) is 0 Å². The van der Waals surface area contributed by atoms with Crippen LogP contribution in [0.15, 0.2) is 18.2 Å². The van der Waals surface area contributed by atoms with E-state index in [2.05, 4.69) is 12.2 Å². The van der Waals surface area contributed by atoms with Gasteiger partial charge in [0.1, 0.15) is 0 Å². The lowest BCUT2D eigenvalue weighted by Gasteiger charge is -2.27. The minimum absolute atomic E-state index is 0.00387. The van der Waals surface area contributed by atoms with Crippen LogP contribution in [0.1, 0.15) is 38.2 Å². The number of benzene rings is 1. The van der Waals surface area contributed by atoms with E-state index < -0.39 is 0 Å². The Hall–Kier alpha value is -1.22. The van der Waals surface area contributed by atoms with Crippen LogP contribution in [0.5, 0.6) is 11.5 Å². The van der Waals surface area contributed by atoms with E-state index in [9.17, 15) is 10.2 Å². The van der Waals surface area contributed by atoms with Crippen molar-refractivity contribution in [3.63, 3.8) is 0 Å². The van der Waals surface area contributed by atoms with Crippen LogP contribution in [0.4, 0.5) is 0 Å². The van der Waals surface area contributed by atoms with Gasteiger partial charge in [-0.1, -0.05) is 19.1 Å². The molecule has 0 spiro atoms. The first kappa shape index (κ1) is 12.2. The fraction of sp³-hybridized carbons (Fsp3) is 0.571. The Morgan fingerprint density at radius 1 is 1.18 bits per heavy atom. The molecule has 1 aliphatic carbocycles. The van der Waals surface area contributed by atoms with E-state index in [0.29, 0.717) is 12.6 Å². The standard InChI is InChI=1S/C14H21NO2/c1-10-5-7-12(8-6-10)15-9-11-3-2-4-13(16)14(11)17/h2-4,10,12,15-17H,5-9H2,1H3. The molecule has 3 N–H and O–H groups in total. The van der Waals surface area contributed by atoms with Gasteiger partial charge in [-0.3, -0.25) is 0 Å². The van der Waals surface area contributed by atoms with Crippen LogP contribution in [-0.4, -0.2) is 16.3 Å². The molecule has 0 radical (unpaired) electrons. The van der Waals surface area contributed by atoms with Crippen LogP contribution in [0.2, 0.25) is 0 Å². The molecule has 2 rings (SSSR count). The van der Waals surface area contributed by atoms with Crippen LogP contribution < -0.4 is 5.32 Å². The van der Waals surface area contributed by atoms with Crippen LogP contribution in [-0.2, 0) is 6.54 Å². The molecule has 0 unspecified atom stereocenters. The van der Waals surface area contributed by atoms with E-state index in [0.717, 1.165) is 11.5 Å². The molecule has 1 fully saturated rings. The van der Waals surface area contributed by atoms with E-state index >= 15 is 0 Å². The summed E-state index contributed by atoms with van der Waals surface area (Å²) in [5.41, 5.74) is 0.767. The summed E-state index contributed by atoms with van der Waals surface area (Å²) in [6.07, 6.45) is 4.98. The molecule has 1 aromatic rings. The molecule has 0 aromatic heterocycles. The molecule has 0 saturated heterocycles. The molecule has 0 atom stereocenters. The maximum atomic E-state index is 9.68. The predicted molar refractivity (Wildman–Crippen MR) is 68.0 cm³/mol. The second-order valence-corrected chi connectivity index (χ2v) is 5.12. The molecule has 0 aliphatic heterocycles. The topological polar surface area (TPSA) is 52.5 Å². The van der Waals surface area contributed by atoms with Crippen molar-refractivity contribution in [2.24, 2.45) is 5.92 Å². The van der Waals surface area contributed by atoms with Crippen molar-refractivity contribution in [1.82, 2.24) is 5.32 Å². The van der Waals surface area contributed by atoms with Crippen LogP contribution in [0.25, 0.3) is 0 Å². The molecule has 3 nitrogen and oxygen atoms in total. The number of hydrogen-bond acceptors (Lipinski definition) is 3. The van der Waals surface area contributed by atoms with Crippen LogP contribution in [0, 0.1) is 5.92 Å². The average molecular weight is 235 g/mol. The first-order valence-corrected chi connectivity index (χ1v) is 6.40. The minimum Gasteiger partial charge on any atom is -0.504 e. The molecule has 17 heavy (non-hydrogen) atoms. The Bertz CT molecular complexity index is 370. The van der Waals surface area contributed by atoms with Crippen molar-refractivity contribution in [2.75, 3.05) is 0 Å². The van der Waals surface area contributed by atoms with E-state index in [4.69, 9.17) is 0 Å². The number of phenols is 2. The molecule has 0 heterocycles. The number of rotatable bonds is 3. The normalized spacial score (nSPS) is 24.8. The zero-order valence-electron chi connectivity index (χ0n) is 10.3. The second kappa shape index (κ2) is 5.41. The van der Waals surface area contributed by atoms with E-state index in [1.54, 1.807) is 6.07 Å². The fourth-order valence-electron chi connectivity index (χ4n) is 2.44. The Morgan fingerprint density at radius 3 is 2.59 bits per heavy atom. The number of phenolic OH excluding ortho intramolecular Hbond substituents is 2. The van der Waals surface area contributed by atoms with Crippen molar-refractivity contribution in [3.05, 3.63) is 23.8 Å². The molecule has 0 bridgehead atoms. The number of aromatic hydroxyl groups is 2. The lowest BCUT2D eigenvalue weighted by atomic mass is 9.87. The lowest BCUT2D eigenvalue weighted by molar-refractivity contribution is 0.305. The highest BCUT2D eigenvalue weighted by molar-refractivity contribution is 5.44. The highest BCUT2D eigenvalue weighted by atomic mass is 16.3. The summed E-state index contributed by atoms with van der Waals surface area (Å²) in [5, 5.41) is 22.5. The van der Waals surface area contributed by atoms with Crippen molar-refractivity contribution in [1.29, 1.82) is 0 Å². The highest BCUT2D eigenvalue weighted by Gasteiger charge is 2.18. The minimum atomic E-state index is -0.0402. The third-order valence-electron chi connectivity index (χ3n) is 3.70. The van der Waals surface area contributed by atoms with Crippen molar-refractivity contribution in [3.8, 4) is 11.5 Å². The van der Waals surface area contributed by atoms with Gasteiger partial charge < -0.3 is 15.5 Å². The third kappa shape index (κ3) is 3.13. The SMILES string of the molecule is CC1CCC(NCc2cccc(O)c2O)CC1. The third-order valence-corrected chi connectivity index (χ3v) is 3.70. The Labute approximate surface area is 102 Å². The summed E-state index contributed by atoms with van der Waals surface area (Å²) >= 11 is 0. The maximum Gasteiger partial charge on any atom is 0.161 e. The molecule has 1 aliphatic rings. The van der Waals surface area contributed by atoms with Crippen molar-refractivity contribution >= 4 is 0 Å². The van der Waals surface area contributed by atoms with E-state index in [1.165, 1.54) is 31.7 Å². The van der Waals surface area contributed by atoms with Gasteiger partial charge in [-0.2, -0.15) is 0 Å². The molecule has 3 heteroatoms. The molecular weight excluding hydrogens is 214 g/mol. The molecule has 1 saturated carbocycles. The van der Waals surface area contributed by atoms with Gasteiger partial charge in [-0.15, -0.1) is 0 Å². The number of para-hydroxylation sites is 1. The smallest absolute Gasteiger partial charge is 0.161 e. The van der Waals surface area contributed by atoms with Gasteiger partial charge in [0, 0.05) is 18.2 Å². The number of hydrogen-bond donors (Lipinski definition) is 3. The fourth-order valence-corrected chi connectivity index (χ4v) is 2.44. The summed E-state index contributed by atoms with van der Waals surface area (Å²) in [4.78, 5) is 0. The van der Waals surface area contributed by atoms with Gasteiger partial charge in [0.25, 0.3) is 0 Å². The lowest BCUT2D eigenvalue weighted by Crippen LogP contribution is -2.32. The summed E-state index contributed by atoms with van der Waals surface area (Å²) in [6.45, 7) is 2.93. The average Bonchev–Trinajstić information content (AvgIpc) is 2.33. The van der Waals surface area contributed by atoms with Crippen LogP contribution in [0.3, 0.4) is 0 Å². The summed E-state index contributed by atoms with van der Waals surface area (Å²) in [7, 11) is 0. The summed E-state index contributed by atoms with van der Waals surface area (Å²) in [6, 6.07) is 5.65. The van der Waals surface area contributed by atoms with Gasteiger partial charge in [-0.05, 0) is 37.7 Å². The molecule has 1 aromatic carbocycles. The van der Waals surface area contributed by atoms with Crippen molar-refractivity contribution < 1.29 is 10.2 Å². The van der Waals surface area contributed by atoms with E-state index in [1.807, 2.05) is 6.07 Å². The first-order chi connectivity index (χ1) is 8.16. The maximum absolute atomic E-state index is 9.68. The van der Waals surface area contributed by atoms with E-state index in [-0.39, 0.29) is 11.5 Å². The van der Waals surface area contributed by atoms with Crippen LogP contribution >= 0.6 is 0 Å². The van der Waals surface area contributed by atoms with Gasteiger partial charge in [0.15, 0.2) is 11.5 Å². The van der Waals surface area contributed by atoms with Crippen molar-refractivity contribution in [2.45, 2.75) is 45.2 Å². The molecule has 0 amide bonds. The Kier molecular flexibility index (Phi) is 3.89. The van der Waals surface area contributed by atoms with Gasteiger partial charge >= 0.3 is 0 Å². The molecule has 94 valence electrons. The summed E-state index contributed by atoms with van der Waals surface area (Å²) < 4.78 is 0. The first-order valence-electron chi connectivity index (χ1n) is 6.40. The second-order valence-electron chi connectivity index (χ2n) is 5.12. The van der Waals surface area contributed by atoms with Gasteiger partial charge in [0.2, 0.25) is 0 Å². The largest absolute Gasteiger partial charge is 0.504 e. The Balaban J connectivity index is 1.87. The highest BCUT2D eigenvalue weighted by Crippen LogP contribution is 2.29. The molecular formula is C14H21NO2.